The molecule has 0 aliphatic rings. The summed E-state index contributed by atoms with van der Waals surface area (Å²) in [5.41, 5.74) is 1.47. The van der Waals surface area contributed by atoms with Crippen LogP contribution in [-0.2, 0) is 6.54 Å². The van der Waals surface area contributed by atoms with Gasteiger partial charge >= 0.3 is 0 Å². The molecule has 2 N–H and O–H groups in total. The lowest BCUT2D eigenvalue weighted by Gasteiger charge is -2.08. The van der Waals surface area contributed by atoms with Crippen LogP contribution in [0.25, 0.3) is 0 Å². The first-order chi connectivity index (χ1) is 13.0. The first-order valence-corrected chi connectivity index (χ1v) is 8.07. The molecule has 2 aromatic carbocycles. The number of rotatable bonds is 5. The monoisotopic (exact) mass is 367 g/mol. The molecule has 0 bridgehead atoms. The average molecular weight is 367 g/mol. The molecule has 0 atom stereocenters. The third-order valence-electron chi connectivity index (χ3n) is 3.72. The molecular formula is C20H15F2N3O2. The van der Waals surface area contributed by atoms with E-state index in [0.717, 1.165) is 5.56 Å². The number of hydrogen-bond acceptors (Lipinski definition) is 3. The highest BCUT2D eigenvalue weighted by Gasteiger charge is 2.12. The molecule has 0 radical (unpaired) electrons. The normalized spacial score (nSPS) is 10.3. The van der Waals surface area contributed by atoms with Gasteiger partial charge in [0.25, 0.3) is 11.8 Å². The summed E-state index contributed by atoms with van der Waals surface area (Å²) in [6, 6.07) is 13.9. The van der Waals surface area contributed by atoms with Crippen molar-refractivity contribution in [2.45, 2.75) is 6.54 Å². The SMILES string of the molecule is O=C(Nc1ccc(F)cc1)c1ccnc(C(=O)NCc2ccc(F)cc2)c1. The van der Waals surface area contributed by atoms with E-state index in [1.165, 1.54) is 54.7 Å². The van der Waals surface area contributed by atoms with Crippen molar-refractivity contribution in [3.63, 3.8) is 0 Å². The predicted molar refractivity (Wildman–Crippen MR) is 96.2 cm³/mol. The number of pyridine rings is 1. The fraction of sp³-hybridized carbons (Fsp3) is 0.0500. The van der Waals surface area contributed by atoms with E-state index in [2.05, 4.69) is 15.6 Å². The standard InChI is InChI=1S/C20H15F2N3O2/c21-15-3-1-13(2-4-15)12-24-20(27)18-11-14(9-10-23-18)19(26)25-17-7-5-16(22)6-8-17/h1-11H,12H2,(H,24,27)(H,25,26). The van der Waals surface area contributed by atoms with Crippen molar-refractivity contribution in [2.24, 2.45) is 0 Å². The number of hydrogen-bond donors (Lipinski definition) is 2. The van der Waals surface area contributed by atoms with Crippen LogP contribution in [0.4, 0.5) is 14.5 Å². The van der Waals surface area contributed by atoms with Crippen LogP contribution in [-0.4, -0.2) is 16.8 Å². The lowest BCUT2D eigenvalue weighted by Crippen LogP contribution is -2.24. The van der Waals surface area contributed by atoms with Gasteiger partial charge in [-0.1, -0.05) is 12.1 Å². The molecule has 5 nitrogen and oxygen atoms in total. The Hall–Kier alpha value is -3.61. The fourth-order valence-corrected chi connectivity index (χ4v) is 2.31. The van der Waals surface area contributed by atoms with Crippen LogP contribution >= 0.6 is 0 Å². The van der Waals surface area contributed by atoms with Crippen LogP contribution in [0.3, 0.4) is 0 Å². The van der Waals surface area contributed by atoms with Crippen molar-refractivity contribution < 1.29 is 18.4 Å². The lowest BCUT2D eigenvalue weighted by molar-refractivity contribution is 0.0946. The number of amides is 2. The zero-order valence-electron chi connectivity index (χ0n) is 14.1. The van der Waals surface area contributed by atoms with Crippen molar-refractivity contribution in [1.29, 1.82) is 0 Å². The predicted octanol–water partition coefficient (Wildman–Crippen LogP) is 3.54. The quantitative estimate of drug-likeness (QED) is 0.725. The molecule has 0 unspecified atom stereocenters. The highest BCUT2D eigenvalue weighted by Crippen LogP contribution is 2.11. The Bertz CT molecular complexity index is 958. The molecule has 3 rings (SSSR count). The third kappa shape index (κ3) is 4.94. The summed E-state index contributed by atoms with van der Waals surface area (Å²) in [4.78, 5) is 28.5. The number of nitrogens with zero attached hydrogens (tertiary/aromatic N) is 1. The van der Waals surface area contributed by atoms with Gasteiger partial charge in [-0.25, -0.2) is 8.78 Å². The maximum Gasteiger partial charge on any atom is 0.270 e. The van der Waals surface area contributed by atoms with E-state index in [0.29, 0.717) is 5.69 Å². The van der Waals surface area contributed by atoms with E-state index in [-0.39, 0.29) is 23.6 Å². The van der Waals surface area contributed by atoms with Gasteiger partial charge in [-0.05, 0) is 54.1 Å². The fourth-order valence-electron chi connectivity index (χ4n) is 2.31. The summed E-state index contributed by atoms with van der Waals surface area (Å²) in [5, 5.41) is 5.27. The zero-order chi connectivity index (χ0) is 19.2. The first-order valence-electron chi connectivity index (χ1n) is 8.07. The summed E-state index contributed by atoms with van der Waals surface area (Å²) in [6.07, 6.45) is 1.35. The maximum absolute atomic E-state index is 12.9. The minimum absolute atomic E-state index is 0.0730. The molecule has 0 spiro atoms. The molecule has 0 saturated heterocycles. The minimum atomic E-state index is -0.462. The van der Waals surface area contributed by atoms with Gasteiger partial charge in [0.1, 0.15) is 17.3 Å². The highest BCUT2D eigenvalue weighted by molar-refractivity contribution is 6.05. The Morgan fingerprint density at radius 3 is 2.15 bits per heavy atom. The second kappa shape index (κ2) is 8.18. The number of anilines is 1. The van der Waals surface area contributed by atoms with Crippen molar-refractivity contribution >= 4 is 17.5 Å². The number of halogens is 2. The van der Waals surface area contributed by atoms with E-state index >= 15 is 0 Å². The van der Waals surface area contributed by atoms with Crippen molar-refractivity contribution in [3.05, 3.63) is 95.3 Å². The maximum atomic E-state index is 12.9. The molecular weight excluding hydrogens is 352 g/mol. The molecule has 0 saturated carbocycles. The molecule has 3 aromatic rings. The molecule has 1 heterocycles. The summed E-state index contributed by atoms with van der Waals surface area (Å²) in [6.45, 7) is 0.201. The Balaban J connectivity index is 1.65. The summed E-state index contributed by atoms with van der Waals surface area (Å²) in [5.74, 6) is -1.67. The van der Waals surface area contributed by atoms with Crippen molar-refractivity contribution in [2.75, 3.05) is 5.32 Å². The molecule has 7 heteroatoms. The Morgan fingerprint density at radius 2 is 1.48 bits per heavy atom. The zero-order valence-corrected chi connectivity index (χ0v) is 14.1. The van der Waals surface area contributed by atoms with Crippen LogP contribution in [0.2, 0.25) is 0 Å². The molecule has 136 valence electrons. The van der Waals surface area contributed by atoms with Crippen molar-refractivity contribution in [3.8, 4) is 0 Å². The van der Waals surface area contributed by atoms with Gasteiger partial charge in [-0.15, -0.1) is 0 Å². The number of carbonyl (C=O) groups excluding carboxylic acids is 2. The highest BCUT2D eigenvalue weighted by atomic mass is 19.1. The van der Waals surface area contributed by atoms with E-state index < -0.39 is 17.6 Å². The molecule has 27 heavy (non-hydrogen) atoms. The topological polar surface area (TPSA) is 71.1 Å². The molecule has 0 aliphatic carbocycles. The number of nitrogens with one attached hydrogen (secondary N) is 2. The second-order valence-corrected chi connectivity index (χ2v) is 5.70. The third-order valence-corrected chi connectivity index (χ3v) is 3.72. The van der Waals surface area contributed by atoms with Gasteiger partial charge in [0.05, 0.1) is 0 Å². The smallest absolute Gasteiger partial charge is 0.270 e. The van der Waals surface area contributed by atoms with Gasteiger partial charge in [-0.3, -0.25) is 14.6 Å². The van der Waals surface area contributed by atoms with E-state index in [1.807, 2.05) is 0 Å². The van der Waals surface area contributed by atoms with Crippen LogP contribution in [0.15, 0.2) is 66.9 Å². The van der Waals surface area contributed by atoms with E-state index in [4.69, 9.17) is 0 Å². The summed E-state index contributed by atoms with van der Waals surface area (Å²) in [7, 11) is 0. The van der Waals surface area contributed by atoms with Gasteiger partial charge in [0.2, 0.25) is 0 Å². The van der Waals surface area contributed by atoms with Crippen LogP contribution in [0, 0.1) is 11.6 Å². The molecule has 1 aromatic heterocycles. The van der Waals surface area contributed by atoms with Crippen molar-refractivity contribution in [1.82, 2.24) is 10.3 Å². The number of aromatic nitrogens is 1. The largest absolute Gasteiger partial charge is 0.347 e. The second-order valence-electron chi connectivity index (χ2n) is 5.70. The number of benzene rings is 2. The molecule has 2 amide bonds. The van der Waals surface area contributed by atoms with Crippen LogP contribution in [0.1, 0.15) is 26.4 Å². The summed E-state index contributed by atoms with van der Waals surface area (Å²) >= 11 is 0. The van der Waals surface area contributed by atoms with Gasteiger partial charge in [0, 0.05) is 24.0 Å². The van der Waals surface area contributed by atoms with Gasteiger partial charge < -0.3 is 10.6 Å². The lowest BCUT2D eigenvalue weighted by atomic mass is 10.2. The van der Waals surface area contributed by atoms with Crippen LogP contribution in [0.5, 0.6) is 0 Å². The average Bonchev–Trinajstić information content (AvgIpc) is 2.69. The Labute approximate surface area is 154 Å². The Morgan fingerprint density at radius 1 is 0.852 bits per heavy atom. The van der Waals surface area contributed by atoms with Gasteiger partial charge in [-0.2, -0.15) is 0 Å². The van der Waals surface area contributed by atoms with Gasteiger partial charge in [0.15, 0.2) is 0 Å². The van der Waals surface area contributed by atoms with E-state index in [1.54, 1.807) is 12.1 Å². The Kier molecular flexibility index (Phi) is 5.51. The molecule has 0 aliphatic heterocycles. The number of carbonyl (C=O) groups is 2. The van der Waals surface area contributed by atoms with E-state index in [9.17, 15) is 18.4 Å². The molecule has 0 fully saturated rings. The van der Waals surface area contributed by atoms with Crippen LogP contribution < -0.4 is 10.6 Å². The summed E-state index contributed by atoms with van der Waals surface area (Å²) < 4.78 is 25.8. The first kappa shape index (κ1) is 18.2. The minimum Gasteiger partial charge on any atom is -0.347 e.